The summed E-state index contributed by atoms with van der Waals surface area (Å²) in [4.78, 5) is 12.5. The molecule has 1 N–H and O–H groups in total. The van der Waals surface area contributed by atoms with Gasteiger partial charge in [-0.05, 0) is 48.4 Å². The molecule has 0 aromatic heterocycles. The molecule has 2 aromatic rings. The van der Waals surface area contributed by atoms with Crippen LogP contribution in [0.2, 0.25) is 5.02 Å². The van der Waals surface area contributed by atoms with Crippen LogP contribution in [0, 0.1) is 5.82 Å². The summed E-state index contributed by atoms with van der Waals surface area (Å²) in [5.41, 5.74) is 1.92. The molecular formula is C19H19ClFNO2. The minimum atomic E-state index is -0.346. The summed E-state index contributed by atoms with van der Waals surface area (Å²) in [5.74, 6) is -0.586. The summed E-state index contributed by atoms with van der Waals surface area (Å²) in [7, 11) is 0. The summed E-state index contributed by atoms with van der Waals surface area (Å²) in [5, 5.41) is 3.43. The zero-order chi connectivity index (χ0) is 17.4. The Labute approximate surface area is 146 Å². The van der Waals surface area contributed by atoms with Gasteiger partial charge in [-0.3, -0.25) is 4.79 Å². The molecule has 0 saturated heterocycles. The number of hydrogen-bond acceptors (Lipinski definition) is 2. The van der Waals surface area contributed by atoms with Crippen LogP contribution < -0.4 is 5.32 Å². The molecule has 0 fully saturated rings. The van der Waals surface area contributed by atoms with Gasteiger partial charge in [-0.2, -0.15) is 0 Å². The fourth-order valence-corrected chi connectivity index (χ4v) is 2.24. The van der Waals surface area contributed by atoms with Gasteiger partial charge in [0.05, 0.1) is 6.61 Å². The zero-order valence-electron chi connectivity index (χ0n) is 13.4. The van der Waals surface area contributed by atoms with E-state index < -0.39 is 0 Å². The van der Waals surface area contributed by atoms with E-state index in [1.807, 2.05) is 19.1 Å². The van der Waals surface area contributed by atoms with Gasteiger partial charge < -0.3 is 10.1 Å². The fourth-order valence-electron chi connectivity index (χ4n) is 2.11. The fraction of sp³-hybridized carbons (Fsp3) is 0.211. The first kappa shape index (κ1) is 18.2. The molecule has 1 amide bonds. The maximum Gasteiger partial charge on any atom is 0.251 e. The predicted octanol–water partition coefficient (Wildman–Crippen LogP) is 4.17. The molecule has 2 aromatic carbocycles. The lowest BCUT2D eigenvalue weighted by Gasteiger charge is -2.10. The number of carbonyl (C=O) groups excluding carboxylic acids is 1. The SMILES string of the molecule is CCOCCNC(=O)/C(=C\c1ccc(Cl)cc1)c1ccc(F)cc1. The summed E-state index contributed by atoms with van der Waals surface area (Å²) in [6, 6.07) is 13.0. The van der Waals surface area contributed by atoms with E-state index >= 15 is 0 Å². The first-order chi connectivity index (χ1) is 11.6. The molecule has 126 valence electrons. The molecule has 24 heavy (non-hydrogen) atoms. The van der Waals surface area contributed by atoms with E-state index in [1.165, 1.54) is 12.1 Å². The van der Waals surface area contributed by atoms with Crippen LogP contribution in [-0.4, -0.2) is 25.7 Å². The summed E-state index contributed by atoms with van der Waals surface area (Å²) in [6.45, 7) is 3.35. The van der Waals surface area contributed by atoms with Crippen molar-refractivity contribution in [2.45, 2.75) is 6.92 Å². The molecule has 0 aliphatic carbocycles. The molecular weight excluding hydrogens is 329 g/mol. The van der Waals surface area contributed by atoms with E-state index in [-0.39, 0.29) is 11.7 Å². The van der Waals surface area contributed by atoms with E-state index in [4.69, 9.17) is 16.3 Å². The van der Waals surface area contributed by atoms with Crippen LogP contribution in [0.4, 0.5) is 4.39 Å². The number of rotatable bonds is 7. The average Bonchev–Trinajstić information content (AvgIpc) is 2.59. The highest BCUT2D eigenvalue weighted by molar-refractivity contribution is 6.30. The Morgan fingerprint density at radius 2 is 1.83 bits per heavy atom. The standard InChI is InChI=1S/C19H19ClFNO2/c1-2-24-12-11-22-19(23)18(15-5-9-17(21)10-6-15)13-14-3-7-16(20)8-4-14/h3-10,13H,2,11-12H2,1H3,(H,22,23)/b18-13-. The Morgan fingerprint density at radius 1 is 1.17 bits per heavy atom. The largest absolute Gasteiger partial charge is 0.380 e. The topological polar surface area (TPSA) is 38.3 Å². The lowest BCUT2D eigenvalue weighted by atomic mass is 10.0. The van der Waals surface area contributed by atoms with Crippen molar-refractivity contribution < 1.29 is 13.9 Å². The van der Waals surface area contributed by atoms with Crippen LogP contribution in [0.5, 0.6) is 0 Å². The third kappa shape index (κ3) is 5.48. The molecule has 0 radical (unpaired) electrons. The van der Waals surface area contributed by atoms with Gasteiger partial charge in [0, 0.05) is 23.7 Å². The van der Waals surface area contributed by atoms with Gasteiger partial charge in [0.15, 0.2) is 0 Å². The third-order valence-corrected chi connectivity index (χ3v) is 3.57. The van der Waals surface area contributed by atoms with E-state index in [0.29, 0.717) is 35.9 Å². The summed E-state index contributed by atoms with van der Waals surface area (Å²) in [6.07, 6.45) is 1.75. The molecule has 0 spiro atoms. The van der Waals surface area contributed by atoms with Crippen LogP contribution in [0.3, 0.4) is 0 Å². The van der Waals surface area contributed by atoms with Gasteiger partial charge >= 0.3 is 0 Å². The van der Waals surface area contributed by atoms with Gasteiger partial charge in [0.25, 0.3) is 5.91 Å². The third-order valence-electron chi connectivity index (χ3n) is 3.32. The molecule has 0 unspecified atom stereocenters. The molecule has 0 atom stereocenters. The van der Waals surface area contributed by atoms with E-state index in [1.54, 1.807) is 30.3 Å². The lowest BCUT2D eigenvalue weighted by molar-refractivity contribution is -0.115. The van der Waals surface area contributed by atoms with Crippen molar-refractivity contribution in [2.75, 3.05) is 19.8 Å². The van der Waals surface area contributed by atoms with Gasteiger partial charge in [0.1, 0.15) is 5.82 Å². The smallest absolute Gasteiger partial charge is 0.251 e. The number of amides is 1. The van der Waals surface area contributed by atoms with Crippen molar-refractivity contribution >= 4 is 29.2 Å². The Bertz CT molecular complexity index is 696. The van der Waals surface area contributed by atoms with Crippen LogP contribution in [0.1, 0.15) is 18.1 Å². The Balaban J connectivity index is 2.25. The predicted molar refractivity (Wildman–Crippen MR) is 95.2 cm³/mol. The second-order valence-corrected chi connectivity index (χ2v) is 5.51. The highest BCUT2D eigenvalue weighted by Gasteiger charge is 2.12. The maximum atomic E-state index is 13.2. The minimum Gasteiger partial charge on any atom is -0.380 e. The van der Waals surface area contributed by atoms with Gasteiger partial charge in [-0.25, -0.2) is 4.39 Å². The van der Waals surface area contributed by atoms with Crippen LogP contribution >= 0.6 is 11.6 Å². The number of ether oxygens (including phenoxy) is 1. The Hall–Kier alpha value is -2.17. The highest BCUT2D eigenvalue weighted by atomic mass is 35.5. The van der Waals surface area contributed by atoms with Crippen molar-refractivity contribution in [1.82, 2.24) is 5.32 Å². The van der Waals surface area contributed by atoms with Crippen LogP contribution in [0.25, 0.3) is 11.6 Å². The summed E-state index contributed by atoms with van der Waals surface area (Å²) >= 11 is 5.89. The molecule has 3 nitrogen and oxygen atoms in total. The molecule has 5 heteroatoms. The first-order valence-electron chi connectivity index (χ1n) is 7.69. The van der Waals surface area contributed by atoms with Crippen molar-refractivity contribution in [1.29, 1.82) is 0 Å². The van der Waals surface area contributed by atoms with E-state index in [0.717, 1.165) is 5.56 Å². The number of benzene rings is 2. The van der Waals surface area contributed by atoms with Crippen molar-refractivity contribution in [3.63, 3.8) is 0 Å². The zero-order valence-corrected chi connectivity index (χ0v) is 14.1. The average molecular weight is 348 g/mol. The number of nitrogens with one attached hydrogen (secondary N) is 1. The van der Waals surface area contributed by atoms with Gasteiger partial charge in [-0.15, -0.1) is 0 Å². The molecule has 0 heterocycles. The Kier molecular flexibility index (Phi) is 6.97. The quantitative estimate of drug-likeness (QED) is 0.463. The second kappa shape index (κ2) is 9.21. The second-order valence-electron chi connectivity index (χ2n) is 5.07. The molecule has 0 saturated carbocycles. The van der Waals surface area contributed by atoms with E-state index in [9.17, 15) is 9.18 Å². The van der Waals surface area contributed by atoms with Crippen molar-refractivity contribution in [3.8, 4) is 0 Å². The summed E-state index contributed by atoms with van der Waals surface area (Å²) < 4.78 is 18.4. The lowest BCUT2D eigenvalue weighted by Crippen LogP contribution is -2.28. The molecule has 0 aliphatic rings. The first-order valence-corrected chi connectivity index (χ1v) is 8.07. The van der Waals surface area contributed by atoms with Gasteiger partial charge in [-0.1, -0.05) is 35.9 Å². The molecule has 0 bridgehead atoms. The molecule has 2 rings (SSSR count). The van der Waals surface area contributed by atoms with Gasteiger partial charge in [0.2, 0.25) is 0 Å². The van der Waals surface area contributed by atoms with Crippen LogP contribution in [-0.2, 0) is 9.53 Å². The Morgan fingerprint density at radius 3 is 2.46 bits per heavy atom. The number of carbonyl (C=O) groups is 1. The molecule has 0 aliphatic heterocycles. The van der Waals surface area contributed by atoms with Crippen LogP contribution in [0.15, 0.2) is 48.5 Å². The maximum absolute atomic E-state index is 13.2. The highest BCUT2D eigenvalue weighted by Crippen LogP contribution is 2.20. The number of halogens is 2. The van der Waals surface area contributed by atoms with E-state index in [2.05, 4.69) is 5.32 Å². The monoisotopic (exact) mass is 347 g/mol. The minimum absolute atomic E-state index is 0.240. The number of hydrogen-bond donors (Lipinski definition) is 1. The normalized spacial score (nSPS) is 11.4. The van der Waals surface area contributed by atoms with Crippen molar-refractivity contribution in [3.05, 3.63) is 70.5 Å². The van der Waals surface area contributed by atoms with Crippen molar-refractivity contribution in [2.24, 2.45) is 0 Å².